The van der Waals surface area contributed by atoms with E-state index in [1.54, 1.807) is 6.07 Å². The zero-order valence-corrected chi connectivity index (χ0v) is 14.5. The van der Waals surface area contributed by atoms with Crippen molar-refractivity contribution in [2.75, 3.05) is 19.1 Å². The molecule has 8 heteroatoms. The van der Waals surface area contributed by atoms with Crippen LogP contribution in [0.5, 0.6) is 11.5 Å². The molecule has 1 atom stereocenters. The van der Waals surface area contributed by atoms with Crippen LogP contribution < -0.4 is 14.8 Å². The van der Waals surface area contributed by atoms with Gasteiger partial charge in [0.1, 0.15) is 6.04 Å². The lowest BCUT2D eigenvalue weighted by atomic mass is 10.2. The molecule has 1 N–H and O–H groups in total. The van der Waals surface area contributed by atoms with Crippen LogP contribution in [0.3, 0.4) is 0 Å². The number of nitrogens with one attached hydrogen (secondary N) is 1. The van der Waals surface area contributed by atoms with Crippen LogP contribution in [0.4, 0.5) is 0 Å². The van der Waals surface area contributed by atoms with Gasteiger partial charge in [0.05, 0.1) is 5.75 Å². The number of rotatable bonds is 6. The van der Waals surface area contributed by atoms with Crippen molar-refractivity contribution in [2.45, 2.75) is 38.8 Å². The summed E-state index contributed by atoms with van der Waals surface area (Å²) in [6, 6.07) is 4.88. The van der Waals surface area contributed by atoms with Crippen LogP contribution in [0, 0.1) is 0 Å². The van der Waals surface area contributed by atoms with Crippen LogP contribution in [0.1, 0.15) is 31.7 Å². The van der Waals surface area contributed by atoms with Crippen LogP contribution in [-0.4, -0.2) is 43.8 Å². The van der Waals surface area contributed by atoms with Gasteiger partial charge in [-0.3, -0.25) is 4.79 Å². The quantitative estimate of drug-likeness (QED) is 0.831. The molecule has 1 fully saturated rings. The number of ether oxygens (including phenoxy) is 2. The Morgan fingerprint density at radius 2 is 2.12 bits per heavy atom. The Hall–Kier alpha value is -1.80. The average Bonchev–Trinajstić information content (AvgIpc) is 3.21. The summed E-state index contributed by atoms with van der Waals surface area (Å²) in [5.74, 6) is 1.19. The maximum atomic E-state index is 12.4. The highest BCUT2D eigenvalue weighted by Gasteiger charge is 2.37. The van der Waals surface area contributed by atoms with Gasteiger partial charge < -0.3 is 14.8 Å². The van der Waals surface area contributed by atoms with Crippen molar-refractivity contribution in [3.05, 3.63) is 23.8 Å². The highest BCUT2D eigenvalue weighted by Crippen LogP contribution is 2.32. The minimum atomic E-state index is -3.36. The molecule has 0 saturated carbocycles. The predicted molar refractivity (Wildman–Crippen MR) is 88.2 cm³/mol. The summed E-state index contributed by atoms with van der Waals surface area (Å²) < 4.78 is 36.4. The number of amides is 1. The lowest BCUT2D eigenvalue weighted by Gasteiger charge is -2.23. The molecule has 3 rings (SSSR count). The Balaban J connectivity index is 1.62. The van der Waals surface area contributed by atoms with E-state index in [2.05, 4.69) is 5.32 Å². The normalized spacial score (nSPS) is 20.3. The van der Waals surface area contributed by atoms with Crippen molar-refractivity contribution < 1.29 is 22.7 Å². The maximum Gasteiger partial charge on any atom is 0.238 e. The Morgan fingerprint density at radius 1 is 1.33 bits per heavy atom. The van der Waals surface area contributed by atoms with E-state index in [-0.39, 0.29) is 18.5 Å². The number of nitrogens with zero attached hydrogens (tertiary/aromatic N) is 1. The number of carbonyl (C=O) groups is 1. The maximum absolute atomic E-state index is 12.4. The fourth-order valence-electron chi connectivity index (χ4n) is 3.07. The summed E-state index contributed by atoms with van der Waals surface area (Å²) in [4.78, 5) is 12.4. The molecule has 1 aromatic carbocycles. The second-order valence-electron chi connectivity index (χ2n) is 5.99. The minimum Gasteiger partial charge on any atom is -0.454 e. The molecular formula is C16H22N2O5S. The Morgan fingerprint density at radius 3 is 2.92 bits per heavy atom. The molecule has 24 heavy (non-hydrogen) atoms. The van der Waals surface area contributed by atoms with Crippen molar-refractivity contribution in [1.82, 2.24) is 9.62 Å². The number of benzene rings is 1. The van der Waals surface area contributed by atoms with E-state index in [1.807, 2.05) is 19.1 Å². The summed E-state index contributed by atoms with van der Waals surface area (Å²) in [7, 11) is -3.36. The van der Waals surface area contributed by atoms with Gasteiger partial charge in [0, 0.05) is 13.1 Å². The van der Waals surface area contributed by atoms with E-state index < -0.39 is 16.1 Å². The first kappa shape index (κ1) is 17.0. The number of sulfonamides is 1. The van der Waals surface area contributed by atoms with Crippen LogP contribution in [0.2, 0.25) is 0 Å². The number of carbonyl (C=O) groups excluding carboxylic acids is 1. The SMILES string of the molecule is CCCS(=O)(=O)N1CCC[C@H]1C(=O)NCc1ccc2c(c1)OCO2. The van der Waals surface area contributed by atoms with Gasteiger partial charge in [-0.1, -0.05) is 13.0 Å². The Labute approximate surface area is 142 Å². The van der Waals surface area contributed by atoms with Crippen LogP contribution in [-0.2, 0) is 21.4 Å². The van der Waals surface area contributed by atoms with Gasteiger partial charge in [-0.25, -0.2) is 8.42 Å². The number of hydrogen-bond acceptors (Lipinski definition) is 5. The summed E-state index contributed by atoms with van der Waals surface area (Å²) >= 11 is 0. The second kappa shape index (κ2) is 6.98. The lowest BCUT2D eigenvalue weighted by Crippen LogP contribution is -2.46. The van der Waals surface area contributed by atoms with E-state index in [4.69, 9.17) is 9.47 Å². The highest BCUT2D eigenvalue weighted by molar-refractivity contribution is 7.89. The zero-order valence-electron chi connectivity index (χ0n) is 13.7. The third-order valence-corrected chi connectivity index (χ3v) is 6.31. The van der Waals surface area contributed by atoms with Crippen molar-refractivity contribution in [2.24, 2.45) is 0 Å². The summed E-state index contributed by atoms with van der Waals surface area (Å²) in [5.41, 5.74) is 0.883. The summed E-state index contributed by atoms with van der Waals surface area (Å²) in [6.07, 6.45) is 1.82. The molecule has 1 amide bonds. The molecule has 2 aliphatic rings. The van der Waals surface area contributed by atoms with Crippen LogP contribution >= 0.6 is 0 Å². The number of fused-ring (bicyclic) bond motifs is 1. The van der Waals surface area contributed by atoms with E-state index >= 15 is 0 Å². The minimum absolute atomic E-state index is 0.0823. The van der Waals surface area contributed by atoms with Crippen LogP contribution in [0.15, 0.2) is 18.2 Å². The van der Waals surface area contributed by atoms with Crippen molar-refractivity contribution >= 4 is 15.9 Å². The zero-order chi connectivity index (χ0) is 17.2. The largest absolute Gasteiger partial charge is 0.454 e. The van der Waals surface area contributed by atoms with Gasteiger partial charge in [0.25, 0.3) is 0 Å². The molecule has 0 radical (unpaired) electrons. The smallest absolute Gasteiger partial charge is 0.238 e. The molecule has 0 aliphatic carbocycles. The molecule has 1 aromatic rings. The fourth-order valence-corrected chi connectivity index (χ4v) is 4.81. The fraction of sp³-hybridized carbons (Fsp3) is 0.562. The predicted octanol–water partition coefficient (Wildman–Crippen LogP) is 1.24. The van der Waals surface area contributed by atoms with E-state index in [1.165, 1.54) is 4.31 Å². The molecule has 1 saturated heterocycles. The molecule has 0 bridgehead atoms. The van der Waals surface area contributed by atoms with E-state index in [9.17, 15) is 13.2 Å². The van der Waals surface area contributed by atoms with Gasteiger partial charge in [0.2, 0.25) is 22.7 Å². The van der Waals surface area contributed by atoms with Crippen molar-refractivity contribution in [1.29, 1.82) is 0 Å². The molecular weight excluding hydrogens is 332 g/mol. The summed E-state index contributed by atoms with van der Waals surface area (Å²) in [6.45, 7) is 2.78. The molecule has 0 unspecified atom stereocenters. The average molecular weight is 354 g/mol. The van der Waals surface area contributed by atoms with Crippen LogP contribution in [0.25, 0.3) is 0 Å². The van der Waals surface area contributed by atoms with Gasteiger partial charge in [-0.2, -0.15) is 4.31 Å². The van der Waals surface area contributed by atoms with E-state index in [0.717, 1.165) is 5.56 Å². The van der Waals surface area contributed by atoms with Gasteiger partial charge in [-0.15, -0.1) is 0 Å². The Kier molecular flexibility index (Phi) is 4.96. The first-order chi connectivity index (χ1) is 11.5. The topological polar surface area (TPSA) is 84.9 Å². The first-order valence-electron chi connectivity index (χ1n) is 8.17. The Bertz CT molecular complexity index is 719. The third kappa shape index (κ3) is 3.49. The number of hydrogen-bond donors (Lipinski definition) is 1. The monoisotopic (exact) mass is 354 g/mol. The molecule has 132 valence electrons. The van der Waals surface area contributed by atoms with Crippen molar-refractivity contribution in [3.63, 3.8) is 0 Å². The molecule has 2 aliphatic heterocycles. The van der Waals surface area contributed by atoms with Gasteiger partial charge in [-0.05, 0) is 37.0 Å². The van der Waals surface area contributed by atoms with E-state index in [0.29, 0.717) is 43.9 Å². The molecule has 0 aromatic heterocycles. The van der Waals surface area contributed by atoms with Crippen molar-refractivity contribution in [3.8, 4) is 11.5 Å². The van der Waals surface area contributed by atoms with Gasteiger partial charge in [0.15, 0.2) is 11.5 Å². The molecule has 7 nitrogen and oxygen atoms in total. The molecule has 2 heterocycles. The second-order valence-corrected chi connectivity index (χ2v) is 8.03. The lowest BCUT2D eigenvalue weighted by molar-refractivity contribution is -0.124. The molecule has 0 spiro atoms. The summed E-state index contributed by atoms with van der Waals surface area (Å²) in [5, 5.41) is 2.83. The first-order valence-corrected chi connectivity index (χ1v) is 9.78. The third-order valence-electron chi connectivity index (χ3n) is 4.23. The standard InChI is InChI=1S/C16H22N2O5S/c1-2-8-24(20,21)18-7-3-4-13(18)16(19)17-10-12-5-6-14-15(9-12)23-11-22-14/h5-6,9,13H,2-4,7-8,10-11H2,1H3,(H,17,19)/t13-/m0/s1. The van der Waals surface area contributed by atoms with Gasteiger partial charge >= 0.3 is 0 Å². The highest BCUT2D eigenvalue weighted by atomic mass is 32.2.